The first-order chi connectivity index (χ1) is 10.2. The minimum Gasteiger partial charge on any atom is -0.497 e. The first kappa shape index (κ1) is 13.3. The summed E-state index contributed by atoms with van der Waals surface area (Å²) in [5.74, 6) is 0.743. The van der Waals surface area contributed by atoms with E-state index in [9.17, 15) is 5.26 Å². The summed E-state index contributed by atoms with van der Waals surface area (Å²) in [7, 11) is 1.62. The smallest absolute Gasteiger partial charge is 0.121 e. The van der Waals surface area contributed by atoms with Gasteiger partial charge in [0, 0.05) is 11.8 Å². The Morgan fingerprint density at radius 2 is 2.14 bits per heavy atom. The second-order valence-corrected chi connectivity index (χ2v) is 5.22. The molecule has 0 amide bonds. The van der Waals surface area contributed by atoms with Gasteiger partial charge in [0.1, 0.15) is 11.8 Å². The zero-order chi connectivity index (χ0) is 14.8. The van der Waals surface area contributed by atoms with Crippen LogP contribution < -0.4 is 15.8 Å². The maximum Gasteiger partial charge on any atom is 0.121 e. The van der Waals surface area contributed by atoms with Gasteiger partial charge in [0.15, 0.2) is 0 Å². The Kier molecular flexibility index (Phi) is 3.41. The normalized spacial score (nSPS) is 16.1. The molecule has 3 rings (SSSR count). The Bertz CT molecular complexity index is 718. The molecular formula is C17H17N3O. The fourth-order valence-electron chi connectivity index (χ4n) is 2.84. The summed E-state index contributed by atoms with van der Waals surface area (Å²) >= 11 is 0. The zero-order valence-corrected chi connectivity index (χ0v) is 11.9. The fraction of sp³-hybridized carbons (Fsp3) is 0.235. The number of anilines is 2. The van der Waals surface area contributed by atoms with Crippen LogP contribution in [0.3, 0.4) is 0 Å². The highest BCUT2D eigenvalue weighted by molar-refractivity contribution is 5.62. The van der Waals surface area contributed by atoms with E-state index >= 15 is 0 Å². The van der Waals surface area contributed by atoms with Crippen LogP contribution >= 0.6 is 0 Å². The van der Waals surface area contributed by atoms with Crippen LogP contribution in [0.25, 0.3) is 0 Å². The van der Waals surface area contributed by atoms with Gasteiger partial charge in [0.05, 0.1) is 24.4 Å². The average Bonchev–Trinajstić information content (AvgIpc) is 2.89. The summed E-state index contributed by atoms with van der Waals surface area (Å²) < 4.78 is 5.24. The Balaban J connectivity index is 1.91. The highest BCUT2D eigenvalue weighted by atomic mass is 16.5. The second-order valence-electron chi connectivity index (χ2n) is 5.22. The first-order valence-corrected chi connectivity index (χ1v) is 6.94. The van der Waals surface area contributed by atoms with E-state index in [1.165, 1.54) is 11.1 Å². The number of hydrogen-bond donors (Lipinski definition) is 2. The highest BCUT2D eigenvalue weighted by Crippen LogP contribution is 2.36. The molecule has 2 aromatic rings. The van der Waals surface area contributed by atoms with Crippen LogP contribution in [0, 0.1) is 11.3 Å². The van der Waals surface area contributed by atoms with Gasteiger partial charge in [-0.05, 0) is 48.2 Å². The second kappa shape index (κ2) is 5.37. The molecule has 0 spiro atoms. The average molecular weight is 279 g/mol. The number of fused-ring (bicyclic) bond motifs is 1. The van der Waals surface area contributed by atoms with Crippen molar-refractivity contribution < 1.29 is 4.74 Å². The third-order valence-corrected chi connectivity index (χ3v) is 3.92. The lowest BCUT2D eigenvalue weighted by Crippen LogP contribution is -2.08. The third kappa shape index (κ3) is 2.50. The van der Waals surface area contributed by atoms with Crippen molar-refractivity contribution in [2.75, 3.05) is 18.2 Å². The lowest BCUT2D eigenvalue weighted by Gasteiger charge is -2.17. The predicted molar refractivity (Wildman–Crippen MR) is 83.2 cm³/mol. The molecule has 1 atom stereocenters. The van der Waals surface area contributed by atoms with Gasteiger partial charge >= 0.3 is 0 Å². The van der Waals surface area contributed by atoms with Crippen LogP contribution in [0.5, 0.6) is 5.75 Å². The van der Waals surface area contributed by atoms with Crippen LogP contribution in [0.2, 0.25) is 0 Å². The number of methoxy groups -OCH3 is 1. The molecule has 0 aromatic heterocycles. The third-order valence-electron chi connectivity index (χ3n) is 3.92. The number of nitrogens with zero attached hydrogens (tertiary/aromatic N) is 1. The number of nitrogens with one attached hydrogen (secondary N) is 1. The number of benzene rings is 2. The van der Waals surface area contributed by atoms with E-state index in [0.29, 0.717) is 5.56 Å². The molecule has 1 aliphatic carbocycles. The molecular weight excluding hydrogens is 262 g/mol. The highest BCUT2D eigenvalue weighted by Gasteiger charge is 2.23. The molecule has 1 unspecified atom stereocenters. The Labute approximate surface area is 124 Å². The van der Waals surface area contributed by atoms with Gasteiger partial charge in [0.2, 0.25) is 0 Å². The molecule has 106 valence electrons. The molecule has 3 N–H and O–H groups in total. The molecule has 21 heavy (non-hydrogen) atoms. The van der Waals surface area contributed by atoms with Gasteiger partial charge in [-0.15, -0.1) is 0 Å². The zero-order valence-electron chi connectivity index (χ0n) is 11.9. The quantitative estimate of drug-likeness (QED) is 0.846. The number of nitrogen functional groups attached to an aromatic ring is 1. The molecule has 0 saturated carbocycles. The number of ether oxygens (including phenoxy) is 1. The number of nitrogens with two attached hydrogens (primary N) is 1. The number of hydrogen-bond acceptors (Lipinski definition) is 4. The molecule has 0 heterocycles. The monoisotopic (exact) mass is 279 g/mol. The lowest BCUT2D eigenvalue weighted by molar-refractivity contribution is 0.415. The molecule has 0 fully saturated rings. The number of rotatable bonds is 3. The van der Waals surface area contributed by atoms with Crippen LogP contribution in [0.15, 0.2) is 36.4 Å². The summed E-state index contributed by atoms with van der Waals surface area (Å²) in [6, 6.07) is 13.9. The molecule has 0 bridgehead atoms. The molecule has 0 saturated heterocycles. The maximum atomic E-state index is 9.24. The summed E-state index contributed by atoms with van der Waals surface area (Å²) in [4.78, 5) is 0. The minimum atomic E-state index is 0.208. The van der Waals surface area contributed by atoms with Crippen molar-refractivity contribution in [3.8, 4) is 11.8 Å². The summed E-state index contributed by atoms with van der Waals surface area (Å²) in [6.45, 7) is 0. The van der Waals surface area contributed by atoms with E-state index in [4.69, 9.17) is 10.5 Å². The van der Waals surface area contributed by atoms with Gasteiger partial charge in [-0.3, -0.25) is 0 Å². The van der Waals surface area contributed by atoms with Crippen LogP contribution in [0.4, 0.5) is 11.4 Å². The van der Waals surface area contributed by atoms with Crippen molar-refractivity contribution >= 4 is 11.4 Å². The minimum absolute atomic E-state index is 0.208. The Hall–Kier alpha value is -2.67. The maximum absolute atomic E-state index is 9.24. The molecule has 0 aliphatic heterocycles. The topological polar surface area (TPSA) is 71.1 Å². The van der Waals surface area contributed by atoms with Crippen molar-refractivity contribution in [1.82, 2.24) is 0 Å². The predicted octanol–water partition coefficient (Wildman–Crippen LogP) is 3.25. The summed E-state index contributed by atoms with van der Waals surface area (Å²) in [6.07, 6.45) is 2.00. The van der Waals surface area contributed by atoms with Crippen LogP contribution in [-0.2, 0) is 6.42 Å². The van der Waals surface area contributed by atoms with Crippen molar-refractivity contribution in [1.29, 1.82) is 5.26 Å². The number of nitriles is 1. The van der Waals surface area contributed by atoms with E-state index in [0.717, 1.165) is 30.0 Å². The largest absolute Gasteiger partial charge is 0.497 e. The van der Waals surface area contributed by atoms with E-state index in [1.807, 2.05) is 18.2 Å². The van der Waals surface area contributed by atoms with E-state index < -0.39 is 0 Å². The van der Waals surface area contributed by atoms with Crippen molar-refractivity contribution in [2.45, 2.75) is 18.9 Å². The van der Waals surface area contributed by atoms with Crippen LogP contribution in [0.1, 0.15) is 29.2 Å². The van der Waals surface area contributed by atoms with E-state index in [2.05, 4.69) is 17.5 Å². The van der Waals surface area contributed by atoms with Crippen molar-refractivity contribution in [3.05, 3.63) is 53.1 Å². The molecule has 0 radical (unpaired) electrons. The number of aryl methyl sites for hydroxylation is 1. The van der Waals surface area contributed by atoms with Crippen LogP contribution in [-0.4, -0.2) is 7.11 Å². The summed E-state index contributed by atoms with van der Waals surface area (Å²) in [5.41, 5.74) is 10.6. The standard InChI is InChI=1S/C17H17N3O/c1-21-14-5-2-12(10-18)17(9-14)20-16-7-3-11-8-13(19)4-6-15(11)16/h2,4-6,8-9,16,20H,3,7,19H2,1H3. The SMILES string of the molecule is COc1ccc(C#N)c(NC2CCc3cc(N)ccc32)c1. The fourth-order valence-corrected chi connectivity index (χ4v) is 2.84. The lowest BCUT2D eigenvalue weighted by atomic mass is 10.1. The molecule has 2 aromatic carbocycles. The molecule has 4 heteroatoms. The summed E-state index contributed by atoms with van der Waals surface area (Å²) in [5, 5.41) is 12.7. The van der Waals surface area contributed by atoms with Crippen molar-refractivity contribution in [3.63, 3.8) is 0 Å². The molecule has 4 nitrogen and oxygen atoms in total. The van der Waals surface area contributed by atoms with Gasteiger partial charge in [0.25, 0.3) is 0 Å². The van der Waals surface area contributed by atoms with Gasteiger partial charge in [-0.25, -0.2) is 0 Å². The van der Waals surface area contributed by atoms with Gasteiger partial charge in [-0.2, -0.15) is 5.26 Å². The molecule has 1 aliphatic rings. The first-order valence-electron chi connectivity index (χ1n) is 6.94. The van der Waals surface area contributed by atoms with E-state index in [-0.39, 0.29) is 6.04 Å². The Morgan fingerprint density at radius 1 is 1.29 bits per heavy atom. The Morgan fingerprint density at radius 3 is 2.90 bits per heavy atom. The van der Waals surface area contributed by atoms with Gasteiger partial charge in [-0.1, -0.05) is 6.07 Å². The van der Waals surface area contributed by atoms with E-state index in [1.54, 1.807) is 19.2 Å². The van der Waals surface area contributed by atoms with Gasteiger partial charge < -0.3 is 15.8 Å². The van der Waals surface area contributed by atoms with Crippen molar-refractivity contribution in [2.24, 2.45) is 0 Å².